The Bertz CT molecular complexity index is 356. The fraction of sp³-hybridized carbons (Fsp3) is 0.455. The van der Waals surface area contributed by atoms with Crippen molar-refractivity contribution in [1.82, 2.24) is 0 Å². The SMILES string of the molecule is OC1CCOC(c2ccc(Cl)c(Br)c2)C1. The van der Waals surface area contributed by atoms with Crippen molar-refractivity contribution in [1.29, 1.82) is 0 Å². The van der Waals surface area contributed by atoms with E-state index in [2.05, 4.69) is 15.9 Å². The van der Waals surface area contributed by atoms with Crippen molar-refractivity contribution < 1.29 is 9.84 Å². The van der Waals surface area contributed by atoms with E-state index < -0.39 is 0 Å². The Morgan fingerprint density at radius 2 is 2.27 bits per heavy atom. The molecule has 2 unspecified atom stereocenters. The summed E-state index contributed by atoms with van der Waals surface area (Å²) in [4.78, 5) is 0. The zero-order valence-corrected chi connectivity index (χ0v) is 10.5. The lowest BCUT2D eigenvalue weighted by Crippen LogP contribution is -2.23. The van der Waals surface area contributed by atoms with Gasteiger partial charge in [-0.15, -0.1) is 0 Å². The predicted octanol–water partition coefficient (Wildman–Crippen LogP) is 3.31. The first-order valence-corrected chi connectivity index (χ1v) is 6.08. The maximum atomic E-state index is 9.55. The first-order valence-electron chi connectivity index (χ1n) is 4.91. The molecule has 0 amide bonds. The Kier molecular flexibility index (Phi) is 3.67. The van der Waals surface area contributed by atoms with Crippen molar-refractivity contribution in [3.8, 4) is 0 Å². The van der Waals surface area contributed by atoms with Gasteiger partial charge >= 0.3 is 0 Å². The number of benzene rings is 1. The third kappa shape index (κ3) is 2.72. The highest BCUT2D eigenvalue weighted by Crippen LogP contribution is 2.32. The summed E-state index contributed by atoms with van der Waals surface area (Å²) >= 11 is 9.29. The van der Waals surface area contributed by atoms with Gasteiger partial charge in [0.15, 0.2) is 0 Å². The molecule has 2 nitrogen and oxygen atoms in total. The Labute approximate surface area is 102 Å². The van der Waals surface area contributed by atoms with Crippen LogP contribution in [-0.2, 0) is 4.74 Å². The minimum Gasteiger partial charge on any atom is -0.393 e. The van der Waals surface area contributed by atoms with E-state index in [0.717, 1.165) is 16.5 Å². The zero-order valence-electron chi connectivity index (χ0n) is 8.12. The fourth-order valence-corrected chi connectivity index (χ4v) is 2.24. The van der Waals surface area contributed by atoms with E-state index in [4.69, 9.17) is 16.3 Å². The highest BCUT2D eigenvalue weighted by Gasteiger charge is 2.22. The number of ether oxygens (including phenoxy) is 1. The molecule has 1 aliphatic rings. The molecule has 0 spiro atoms. The molecular weight excluding hydrogens is 279 g/mol. The van der Waals surface area contributed by atoms with E-state index in [1.165, 1.54) is 0 Å². The average molecular weight is 292 g/mol. The van der Waals surface area contributed by atoms with E-state index >= 15 is 0 Å². The quantitative estimate of drug-likeness (QED) is 0.860. The predicted molar refractivity (Wildman–Crippen MR) is 63.1 cm³/mol. The lowest BCUT2D eigenvalue weighted by molar-refractivity contribution is -0.0448. The second-order valence-corrected chi connectivity index (χ2v) is 4.97. The van der Waals surface area contributed by atoms with Gasteiger partial charge in [0, 0.05) is 17.5 Å². The van der Waals surface area contributed by atoms with Crippen LogP contribution in [-0.4, -0.2) is 17.8 Å². The zero-order chi connectivity index (χ0) is 10.8. The van der Waals surface area contributed by atoms with Gasteiger partial charge < -0.3 is 9.84 Å². The summed E-state index contributed by atoms with van der Waals surface area (Å²) in [6, 6.07) is 5.73. The summed E-state index contributed by atoms with van der Waals surface area (Å²) in [7, 11) is 0. The Morgan fingerprint density at radius 1 is 1.47 bits per heavy atom. The largest absolute Gasteiger partial charge is 0.393 e. The summed E-state index contributed by atoms with van der Waals surface area (Å²) in [5, 5.41) is 10.2. The molecule has 1 aliphatic heterocycles. The molecule has 2 rings (SSSR count). The van der Waals surface area contributed by atoms with Crippen LogP contribution in [0.1, 0.15) is 24.5 Å². The van der Waals surface area contributed by atoms with Crippen LogP contribution in [0, 0.1) is 0 Å². The van der Waals surface area contributed by atoms with Crippen molar-refractivity contribution in [2.45, 2.75) is 25.0 Å². The molecule has 1 heterocycles. The molecular formula is C11H12BrClO2. The van der Waals surface area contributed by atoms with E-state index in [-0.39, 0.29) is 12.2 Å². The third-order valence-corrected chi connectivity index (χ3v) is 3.79. The van der Waals surface area contributed by atoms with Gasteiger partial charge in [-0.05, 0) is 40.0 Å². The van der Waals surface area contributed by atoms with Gasteiger partial charge in [0.25, 0.3) is 0 Å². The highest BCUT2D eigenvalue weighted by molar-refractivity contribution is 9.10. The average Bonchev–Trinajstić information content (AvgIpc) is 2.22. The summed E-state index contributed by atoms with van der Waals surface area (Å²) in [5.41, 5.74) is 1.06. The van der Waals surface area contributed by atoms with Crippen molar-refractivity contribution in [3.63, 3.8) is 0 Å². The van der Waals surface area contributed by atoms with Crippen LogP contribution in [0.2, 0.25) is 5.02 Å². The summed E-state index contributed by atoms with van der Waals surface area (Å²) in [6.45, 7) is 0.617. The topological polar surface area (TPSA) is 29.5 Å². The maximum absolute atomic E-state index is 9.55. The molecule has 1 saturated heterocycles. The monoisotopic (exact) mass is 290 g/mol. The first kappa shape index (κ1) is 11.4. The fourth-order valence-electron chi connectivity index (χ4n) is 1.72. The molecule has 0 saturated carbocycles. The normalized spacial score (nSPS) is 26.6. The number of hydrogen-bond donors (Lipinski definition) is 1. The van der Waals surface area contributed by atoms with Gasteiger partial charge in [0.05, 0.1) is 17.2 Å². The van der Waals surface area contributed by atoms with Crippen LogP contribution >= 0.6 is 27.5 Å². The standard InChI is InChI=1S/C11H12BrClO2/c12-9-5-7(1-2-10(9)13)11-6-8(14)3-4-15-11/h1-2,5,8,11,14H,3-4,6H2. The highest BCUT2D eigenvalue weighted by atomic mass is 79.9. The Hall–Kier alpha value is -0.0900. The van der Waals surface area contributed by atoms with Crippen LogP contribution in [0.3, 0.4) is 0 Å². The molecule has 1 N–H and O–H groups in total. The lowest BCUT2D eigenvalue weighted by Gasteiger charge is -2.26. The molecule has 15 heavy (non-hydrogen) atoms. The van der Waals surface area contributed by atoms with E-state index in [1.807, 2.05) is 18.2 Å². The van der Waals surface area contributed by atoms with Crippen LogP contribution < -0.4 is 0 Å². The molecule has 0 bridgehead atoms. The molecule has 4 heteroatoms. The Morgan fingerprint density at radius 3 is 2.93 bits per heavy atom. The number of rotatable bonds is 1. The molecule has 82 valence electrons. The van der Waals surface area contributed by atoms with Gasteiger partial charge in [-0.2, -0.15) is 0 Å². The number of halogens is 2. The van der Waals surface area contributed by atoms with Crippen LogP contribution in [0.5, 0.6) is 0 Å². The third-order valence-electron chi connectivity index (χ3n) is 2.57. The van der Waals surface area contributed by atoms with Crippen molar-refractivity contribution >= 4 is 27.5 Å². The Balaban J connectivity index is 2.18. The minimum absolute atomic E-state index is 0.0117. The van der Waals surface area contributed by atoms with Crippen LogP contribution in [0.15, 0.2) is 22.7 Å². The second-order valence-electron chi connectivity index (χ2n) is 3.71. The summed E-state index contributed by atoms with van der Waals surface area (Å²) in [6.07, 6.45) is 1.12. The van der Waals surface area contributed by atoms with E-state index in [1.54, 1.807) is 0 Å². The summed E-state index contributed by atoms with van der Waals surface area (Å²) < 4.78 is 6.47. The van der Waals surface area contributed by atoms with Crippen molar-refractivity contribution in [2.75, 3.05) is 6.61 Å². The molecule has 0 aliphatic carbocycles. The lowest BCUT2D eigenvalue weighted by atomic mass is 9.99. The molecule has 2 atom stereocenters. The van der Waals surface area contributed by atoms with E-state index in [9.17, 15) is 5.11 Å². The van der Waals surface area contributed by atoms with Crippen molar-refractivity contribution in [2.24, 2.45) is 0 Å². The van der Waals surface area contributed by atoms with E-state index in [0.29, 0.717) is 18.1 Å². The number of aliphatic hydroxyl groups excluding tert-OH is 1. The minimum atomic E-state index is -0.252. The van der Waals surface area contributed by atoms with Gasteiger partial charge in [-0.25, -0.2) is 0 Å². The van der Waals surface area contributed by atoms with Gasteiger partial charge in [-0.3, -0.25) is 0 Å². The molecule has 0 radical (unpaired) electrons. The van der Waals surface area contributed by atoms with Crippen LogP contribution in [0.4, 0.5) is 0 Å². The number of aliphatic hydroxyl groups is 1. The van der Waals surface area contributed by atoms with Gasteiger partial charge in [-0.1, -0.05) is 17.7 Å². The molecule has 1 fully saturated rings. The summed E-state index contributed by atoms with van der Waals surface area (Å²) in [5.74, 6) is 0. The van der Waals surface area contributed by atoms with Crippen LogP contribution in [0.25, 0.3) is 0 Å². The van der Waals surface area contributed by atoms with Crippen molar-refractivity contribution in [3.05, 3.63) is 33.3 Å². The first-order chi connectivity index (χ1) is 7.16. The smallest absolute Gasteiger partial charge is 0.0850 e. The number of hydrogen-bond acceptors (Lipinski definition) is 2. The molecule has 1 aromatic carbocycles. The maximum Gasteiger partial charge on any atom is 0.0850 e. The van der Waals surface area contributed by atoms with Gasteiger partial charge in [0.2, 0.25) is 0 Å². The second kappa shape index (κ2) is 4.83. The molecule has 0 aromatic heterocycles. The molecule has 1 aromatic rings. The van der Waals surface area contributed by atoms with Gasteiger partial charge in [0.1, 0.15) is 0 Å².